The van der Waals surface area contributed by atoms with Crippen LogP contribution < -0.4 is 27.4 Å². The number of fused-ring (bicyclic) bond motifs is 1. The lowest BCUT2D eigenvalue weighted by molar-refractivity contribution is -0.145. The number of rotatable bonds is 13. The van der Waals surface area contributed by atoms with Crippen molar-refractivity contribution < 1.29 is 39.3 Å². The van der Waals surface area contributed by atoms with Crippen LogP contribution in [0.4, 0.5) is 0 Å². The summed E-state index contributed by atoms with van der Waals surface area (Å²) in [5, 5.41) is 35.6. The lowest BCUT2D eigenvalue weighted by Gasteiger charge is -2.24. The molecule has 0 bridgehead atoms. The van der Waals surface area contributed by atoms with E-state index in [0.29, 0.717) is 0 Å². The Labute approximate surface area is 205 Å². The number of amides is 4. The Morgan fingerprint density at radius 1 is 1.00 bits per heavy atom. The molecule has 14 heteroatoms. The minimum absolute atomic E-state index is 0.123. The molecule has 196 valence electrons. The molecule has 0 fully saturated rings. The summed E-state index contributed by atoms with van der Waals surface area (Å²) in [6.45, 7) is 0.255. The molecule has 0 aliphatic rings. The van der Waals surface area contributed by atoms with Gasteiger partial charge in [-0.3, -0.25) is 19.2 Å². The van der Waals surface area contributed by atoms with Crippen LogP contribution in [0.1, 0.15) is 18.9 Å². The Morgan fingerprint density at radius 2 is 1.61 bits per heavy atom. The van der Waals surface area contributed by atoms with Gasteiger partial charge in [0.05, 0.1) is 25.2 Å². The van der Waals surface area contributed by atoms with Crippen molar-refractivity contribution in [3.63, 3.8) is 0 Å². The van der Waals surface area contributed by atoms with Crippen LogP contribution in [0.3, 0.4) is 0 Å². The number of aliphatic hydroxyl groups excluding tert-OH is 2. The average Bonchev–Trinajstić information content (AvgIpc) is 3.22. The maximum Gasteiger partial charge on any atom is 0.328 e. The van der Waals surface area contributed by atoms with E-state index in [4.69, 9.17) is 16.6 Å². The van der Waals surface area contributed by atoms with Crippen LogP contribution in [0.2, 0.25) is 0 Å². The first-order valence-electron chi connectivity index (χ1n) is 11.0. The number of hydrogen-bond acceptors (Lipinski definition) is 8. The zero-order valence-corrected chi connectivity index (χ0v) is 19.4. The van der Waals surface area contributed by atoms with Gasteiger partial charge >= 0.3 is 5.97 Å². The summed E-state index contributed by atoms with van der Waals surface area (Å²) in [6, 6.07) is 1.40. The fourth-order valence-electron chi connectivity index (χ4n) is 3.43. The van der Waals surface area contributed by atoms with Crippen LogP contribution in [-0.4, -0.2) is 86.8 Å². The van der Waals surface area contributed by atoms with Gasteiger partial charge in [0.1, 0.15) is 12.1 Å². The van der Waals surface area contributed by atoms with Crippen molar-refractivity contribution in [2.24, 2.45) is 11.5 Å². The van der Waals surface area contributed by atoms with Gasteiger partial charge in [-0.25, -0.2) is 4.79 Å². The molecule has 11 N–H and O–H groups in total. The first kappa shape index (κ1) is 28.2. The van der Waals surface area contributed by atoms with Crippen molar-refractivity contribution in [2.75, 3.05) is 6.61 Å². The number of primary amides is 1. The van der Waals surface area contributed by atoms with Gasteiger partial charge in [0.15, 0.2) is 6.04 Å². The third-order valence-electron chi connectivity index (χ3n) is 5.35. The van der Waals surface area contributed by atoms with E-state index in [1.54, 1.807) is 6.20 Å². The molecule has 4 amide bonds. The second kappa shape index (κ2) is 12.6. The lowest BCUT2D eigenvalue weighted by atomic mass is 10.0. The van der Waals surface area contributed by atoms with Crippen LogP contribution in [-0.2, 0) is 30.4 Å². The zero-order valence-electron chi connectivity index (χ0n) is 19.4. The second-order valence-electron chi connectivity index (χ2n) is 8.21. The Balaban J connectivity index is 2.05. The summed E-state index contributed by atoms with van der Waals surface area (Å²) >= 11 is 0. The fourth-order valence-corrected chi connectivity index (χ4v) is 3.43. The van der Waals surface area contributed by atoms with Gasteiger partial charge < -0.3 is 47.7 Å². The Bertz CT molecular complexity index is 1120. The van der Waals surface area contributed by atoms with E-state index in [1.807, 2.05) is 29.6 Å². The highest BCUT2D eigenvalue weighted by atomic mass is 16.4. The number of aromatic amines is 1. The van der Waals surface area contributed by atoms with Gasteiger partial charge in [0.25, 0.3) is 0 Å². The second-order valence-corrected chi connectivity index (χ2v) is 8.21. The van der Waals surface area contributed by atoms with Gasteiger partial charge in [-0.2, -0.15) is 0 Å². The average molecular weight is 507 g/mol. The number of para-hydroxylation sites is 1. The van der Waals surface area contributed by atoms with E-state index < -0.39 is 72.9 Å². The van der Waals surface area contributed by atoms with Crippen LogP contribution >= 0.6 is 0 Å². The summed E-state index contributed by atoms with van der Waals surface area (Å²) in [7, 11) is 0. The molecule has 5 atom stereocenters. The smallest absolute Gasteiger partial charge is 0.328 e. The van der Waals surface area contributed by atoms with E-state index in [9.17, 15) is 34.2 Å². The number of hydrogen-bond donors (Lipinski definition) is 9. The number of carboxylic acids is 1. The van der Waals surface area contributed by atoms with Crippen molar-refractivity contribution in [2.45, 2.75) is 50.0 Å². The predicted octanol–water partition coefficient (Wildman–Crippen LogP) is -3.17. The minimum Gasteiger partial charge on any atom is -0.480 e. The molecule has 1 aromatic carbocycles. The van der Waals surface area contributed by atoms with Crippen LogP contribution in [0.25, 0.3) is 10.9 Å². The third-order valence-corrected chi connectivity index (χ3v) is 5.35. The van der Waals surface area contributed by atoms with Crippen molar-refractivity contribution >= 4 is 40.5 Å². The molecule has 2 aromatic rings. The number of carboxylic acid groups (broad SMARTS) is 1. The molecule has 0 radical (unpaired) electrons. The minimum atomic E-state index is -1.72. The van der Waals surface area contributed by atoms with E-state index in [2.05, 4.69) is 15.6 Å². The van der Waals surface area contributed by atoms with E-state index >= 15 is 0 Å². The Hall–Kier alpha value is -4.01. The normalized spacial score (nSPS) is 15.2. The quantitative estimate of drug-likeness (QED) is 0.133. The maximum absolute atomic E-state index is 12.6. The molecule has 14 nitrogen and oxygen atoms in total. The van der Waals surface area contributed by atoms with Crippen molar-refractivity contribution in [1.29, 1.82) is 0 Å². The molecular formula is C22H30N6O8. The molecule has 0 spiro atoms. The molecule has 1 heterocycles. The van der Waals surface area contributed by atoms with Crippen molar-refractivity contribution in [3.05, 3.63) is 36.0 Å². The van der Waals surface area contributed by atoms with E-state index in [-0.39, 0.29) is 6.42 Å². The number of carbonyl (C=O) groups excluding carboxylic acids is 4. The van der Waals surface area contributed by atoms with Crippen molar-refractivity contribution in [1.82, 2.24) is 20.9 Å². The van der Waals surface area contributed by atoms with Gasteiger partial charge in [0, 0.05) is 17.1 Å². The predicted molar refractivity (Wildman–Crippen MR) is 126 cm³/mol. The number of nitrogens with one attached hydrogen (secondary N) is 4. The summed E-state index contributed by atoms with van der Waals surface area (Å²) in [6.07, 6.45) is -0.369. The molecule has 0 aliphatic heterocycles. The number of carbonyl (C=O) groups is 5. The number of H-pyrrole nitrogens is 1. The fraction of sp³-hybridized carbons (Fsp3) is 0.409. The molecule has 5 unspecified atom stereocenters. The highest BCUT2D eigenvalue weighted by Crippen LogP contribution is 2.18. The van der Waals surface area contributed by atoms with Crippen LogP contribution in [0.15, 0.2) is 30.5 Å². The molecule has 0 aliphatic carbocycles. The van der Waals surface area contributed by atoms with E-state index in [1.165, 1.54) is 0 Å². The maximum atomic E-state index is 12.6. The topological polar surface area (TPSA) is 250 Å². The summed E-state index contributed by atoms with van der Waals surface area (Å²) in [5.41, 5.74) is 12.7. The number of aliphatic carboxylic acids is 1. The van der Waals surface area contributed by atoms with Gasteiger partial charge in [-0.1, -0.05) is 18.2 Å². The van der Waals surface area contributed by atoms with Crippen molar-refractivity contribution in [3.8, 4) is 0 Å². The molecule has 1 aromatic heterocycles. The first-order valence-corrected chi connectivity index (χ1v) is 11.0. The largest absolute Gasteiger partial charge is 0.480 e. The molecule has 36 heavy (non-hydrogen) atoms. The van der Waals surface area contributed by atoms with E-state index in [0.717, 1.165) is 23.4 Å². The third kappa shape index (κ3) is 7.49. The number of aliphatic hydroxyl groups is 2. The molecule has 0 saturated carbocycles. The number of benzene rings is 1. The zero-order chi connectivity index (χ0) is 27.0. The Kier molecular flexibility index (Phi) is 9.90. The summed E-state index contributed by atoms with van der Waals surface area (Å²) in [5.74, 6) is -5.47. The standard InChI is InChI=1S/C22H30N6O8/c1-10(30)18(22(35)36)28-20(33)15(7-17(24)31)26-21(34)16(9-29)27-19(32)13(23)6-11-8-25-14-5-3-2-4-12(11)14/h2-5,8,10,13,15-16,18,25,29-30H,6-7,9,23H2,1H3,(H2,24,31)(H,26,34)(H,27,32)(H,28,33)(H,35,36). The van der Waals surface area contributed by atoms with Crippen LogP contribution in [0.5, 0.6) is 0 Å². The lowest BCUT2D eigenvalue weighted by Crippen LogP contribution is -2.59. The molecule has 2 rings (SSSR count). The summed E-state index contributed by atoms with van der Waals surface area (Å²) < 4.78 is 0. The van der Waals surface area contributed by atoms with Gasteiger partial charge in [-0.15, -0.1) is 0 Å². The highest BCUT2D eigenvalue weighted by Gasteiger charge is 2.32. The van der Waals surface area contributed by atoms with Gasteiger partial charge in [0.2, 0.25) is 23.6 Å². The highest BCUT2D eigenvalue weighted by molar-refractivity contribution is 5.96. The first-order chi connectivity index (χ1) is 16.9. The number of aromatic nitrogens is 1. The number of nitrogens with two attached hydrogens (primary N) is 2. The SMILES string of the molecule is CC(O)C(NC(=O)C(CC(N)=O)NC(=O)C(CO)NC(=O)C(N)Cc1c[nH]c2ccccc12)C(=O)O. The summed E-state index contributed by atoms with van der Waals surface area (Å²) in [4.78, 5) is 63.4. The molecular weight excluding hydrogens is 476 g/mol. The Morgan fingerprint density at radius 3 is 2.19 bits per heavy atom. The monoisotopic (exact) mass is 506 g/mol. The van der Waals surface area contributed by atoms with Crippen LogP contribution in [0, 0.1) is 0 Å². The van der Waals surface area contributed by atoms with Gasteiger partial charge in [-0.05, 0) is 25.0 Å². The molecule has 0 saturated heterocycles.